The van der Waals surface area contributed by atoms with Crippen LogP contribution < -0.4 is 0 Å². The minimum absolute atomic E-state index is 0.0624. The van der Waals surface area contributed by atoms with E-state index in [1.54, 1.807) is 34.8 Å². The zero-order chi connectivity index (χ0) is 28.0. The fourth-order valence-electron chi connectivity index (χ4n) is 6.13. The van der Waals surface area contributed by atoms with Crippen molar-refractivity contribution in [3.8, 4) is 22.5 Å². The number of pyridine rings is 1. The highest BCUT2D eigenvalue weighted by Gasteiger charge is 2.44. The Labute approximate surface area is 231 Å². The number of hydrogen-bond acceptors (Lipinski definition) is 5. The molecule has 2 aliphatic rings. The Kier molecular flexibility index (Phi) is 6.44. The summed E-state index contributed by atoms with van der Waals surface area (Å²) in [7, 11) is 0. The SMILES string of the molecule is CCc1cc(C(=O)N2CCCC3(CC=CC3)C2C)nc2cc(-c3ccc(-c4ccc(C(=O)O)cn4)cc3F)nn12. The third kappa shape index (κ3) is 4.35. The molecule has 1 N–H and O–H groups in total. The summed E-state index contributed by atoms with van der Waals surface area (Å²) in [5, 5.41) is 13.7. The highest BCUT2D eigenvalue weighted by atomic mass is 19.1. The van der Waals surface area contributed by atoms with Crippen LogP contribution >= 0.6 is 0 Å². The van der Waals surface area contributed by atoms with Gasteiger partial charge in [0.2, 0.25) is 0 Å². The minimum Gasteiger partial charge on any atom is -0.478 e. The normalized spacial score (nSPS) is 18.1. The third-order valence-corrected chi connectivity index (χ3v) is 8.54. The van der Waals surface area contributed by atoms with Gasteiger partial charge in [-0.25, -0.2) is 18.7 Å². The maximum absolute atomic E-state index is 15.3. The molecule has 1 aliphatic heterocycles. The van der Waals surface area contributed by atoms with E-state index in [2.05, 4.69) is 34.1 Å². The Balaban J connectivity index is 1.31. The fraction of sp³-hybridized carbons (Fsp3) is 0.323. The number of benzene rings is 1. The third-order valence-electron chi connectivity index (χ3n) is 8.54. The molecule has 8 nitrogen and oxygen atoms in total. The predicted octanol–water partition coefficient (Wildman–Crippen LogP) is 5.82. The van der Waals surface area contributed by atoms with E-state index in [0.29, 0.717) is 46.8 Å². The molecule has 1 saturated heterocycles. The highest BCUT2D eigenvalue weighted by molar-refractivity contribution is 5.93. The molecule has 3 aromatic heterocycles. The van der Waals surface area contributed by atoms with E-state index in [1.165, 1.54) is 18.3 Å². The van der Waals surface area contributed by atoms with Crippen LogP contribution in [0.5, 0.6) is 0 Å². The number of carboxylic acid groups (broad SMARTS) is 1. The predicted molar refractivity (Wildman–Crippen MR) is 148 cm³/mol. The van der Waals surface area contributed by atoms with Crippen molar-refractivity contribution in [2.24, 2.45) is 5.41 Å². The first kappa shape index (κ1) is 25.9. The Hall–Kier alpha value is -4.40. The number of nitrogens with zero attached hydrogens (tertiary/aromatic N) is 5. The van der Waals surface area contributed by atoms with Crippen LogP contribution in [0.15, 0.2) is 60.8 Å². The lowest BCUT2D eigenvalue weighted by atomic mass is 9.72. The summed E-state index contributed by atoms with van der Waals surface area (Å²) in [4.78, 5) is 35.6. The smallest absolute Gasteiger partial charge is 0.337 e. The Morgan fingerprint density at radius 2 is 1.90 bits per heavy atom. The lowest BCUT2D eigenvalue weighted by molar-refractivity contribution is 0.0246. The zero-order valence-corrected chi connectivity index (χ0v) is 22.5. The standard InChI is InChI=1S/C31H30FN5O3/c1-3-22-16-27(29(38)36-14-6-13-31(19(36)2)11-4-5-12-31)34-28-17-26(35-37(22)28)23-9-7-20(15-24(23)32)25-10-8-21(18-33-25)30(39)40/h4-5,7-10,15-19H,3,6,11-14H2,1-2H3,(H,39,40). The molecule has 204 valence electrons. The first-order valence-corrected chi connectivity index (χ1v) is 13.6. The first-order valence-electron chi connectivity index (χ1n) is 13.6. The van der Waals surface area contributed by atoms with Gasteiger partial charge in [0.25, 0.3) is 5.91 Å². The second-order valence-corrected chi connectivity index (χ2v) is 10.7. The van der Waals surface area contributed by atoms with Crippen LogP contribution in [0.4, 0.5) is 4.39 Å². The van der Waals surface area contributed by atoms with Crippen molar-refractivity contribution in [2.75, 3.05) is 6.54 Å². The molecule has 1 spiro atoms. The van der Waals surface area contributed by atoms with Gasteiger partial charge >= 0.3 is 5.97 Å². The molecular formula is C31H30FN5O3. The van der Waals surface area contributed by atoms with E-state index in [-0.39, 0.29) is 22.9 Å². The summed E-state index contributed by atoms with van der Waals surface area (Å²) in [5.41, 5.74) is 3.57. The van der Waals surface area contributed by atoms with Crippen molar-refractivity contribution >= 4 is 17.5 Å². The maximum Gasteiger partial charge on any atom is 0.337 e. The number of aromatic nitrogens is 4. The van der Waals surface area contributed by atoms with Crippen LogP contribution in [0, 0.1) is 11.2 Å². The van der Waals surface area contributed by atoms with Crippen molar-refractivity contribution in [2.45, 2.75) is 52.0 Å². The molecule has 1 aromatic carbocycles. The Morgan fingerprint density at radius 1 is 1.10 bits per heavy atom. The van der Waals surface area contributed by atoms with Crippen molar-refractivity contribution in [3.63, 3.8) is 0 Å². The van der Waals surface area contributed by atoms with Crippen LogP contribution in [-0.4, -0.2) is 54.1 Å². The maximum atomic E-state index is 15.3. The van der Waals surface area contributed by atoms with Gasteiger partial charge < -0.3 is 10.0 Å². The number of piperidine rings is 1. The van der Waals surface area contributed by atoms with Gasteiger partial charge in [-0.1, -0.05) is 25.1 Å². The average Bonchev–Trinajstić information content (AvgIpc) is 3.61. The second kappa shape index (κ2) is 9.97. The molecule has 6 rings (SSSR count). The van der Waals surface area contributed by atoms with Gasteiger partial charge in [-0.05, 0) is 74.8 Å². The summed E-state index contributed by atoms with van der Waals surface area (Å²) in [6.45, 7) is 4.86. The van der Waals surface area contributed by atoms with Gasteiger partial charge in [0.15, 0.2) is 5.65 Å². The summed E-state index contributed by atoms with van der Waals surface area (Å²) < 4.78 is 17.0. The zero-order valence-electron chi connectivity index (χ0n) is 22.5. The largest absolute Gasteiger partial charge is 0.478 e. The monoisotopic (exact) mass is 539 g/mol. The summed E-state index contributed by atoms with van der Waals surface area (Å²) in [6.07, 6.45) is 10.4. The molecule has 9 heteroatoms. The molecule has 0 bridgehead atoms. The number of carbonyl (C=O) groups excluding carboxylic acids is 1. The number of amides is 1. The van der Waals surface area contributed by atoms with Gasteiger partial charge in [0.1, 0.15) is 11.5 Å². The number of likely N-dealkylation sites (tertiary alicyclic amines) is 1. The molecule has 4 heterocycles. The summed E-state index contributed by atoms with van der Waals surface area (Å²) in [5.74, 6) is -1.63. The van der Waals surface area contributed by atoms with E-state index in [9.17, 15) is 9.59 Å². The number of allylic oxidation sites excluding steroid dienone is 2. The van der Waals surface area contributed by atoms with Crippen LogP contribution in [0.1, 0.15) is 66.1 Å². The molecule has 1 amide bonds. The van der Waals surface area contributed by atoms with Crippen molar-refractivity contribution < 1.29 is 19.1 Å². The fourth-order valence-corrected chi connectivity index (χ4v) is 6.13. The highest BCUT2D eigenvalue weighted by Crippen LogP contribution is 2.46. The van der Waals surface area contributed by atoms with Gasteiger partial charge in [0, 0.05) is 41.7 Å². The van der Waals surface area contributed by atoms with Gasteiger partial charge in [-0.15, -0.1) is 0 Å². The number of aromatic carboxylic acids is 1. The van der Waals surface area contributed by atoms with Crippen LogP contribution in [-0.2, 0) is 6.42 Å². The molecule has 0 saturated carbocycles. The van der Waals surface area contributed by atoms with E-state index in [1.807, 2.05) is 11.8 Å². The number of aryl methyl sites for hydroxylation is 1. The van der Waals surface area contributed by atoms with Crippen molar-refractivity contribution in [1.82, 2.24) is 24.5 Å². The van der Waals surface area contributed by atoms with E-state index in [4.69, 9.17) is 5.11 Å². The lowest BCUT2D eigenvalue weighted by Crippen LogP contribution is -2.52. The molecule has 1 aliphatic carbocycles. The summed E-state index contributed by atoms with van der Waals surface area (Å²) >= 11 is 0. The Bertz CT molecular complexity index is 1650. The molecule has 0 radical (unpaired) electrons. The molecule has 1 unspecified atom stereocenters. The number of carbonyl (C=O) groups is 2. The van der Waals surface area contributed by atoms with Crippen molar-refractivity contribution in [1.29, 1.82) is 0 Å². The number of hydrogen-bond donors (Lipinski definition) is 1. The van der Waals surface area contributed by atoms with Gasteiger partial charge in [-0.3, -0.25) is 9.78 Å². The van der Waals surface area contributed by atoms with E-state index in [0.717, 1.165) is 31.4 Å². The number of halogens is 1. The Morgan fingerprint density at radius 3 is 2.58 bits per heavy atom. The molecule has 1 atom stereocenters. The molecule has 1 fully saturated rings. The number of rotatable bonds is 5. The first-order chi connectivity index (χ1) is 19.3. The van der Waals surface area contributed by atoms with Crippen LogP contribution in [0.2, 0.25) is 0 Å². The number of carboxylic acids is 1. The molecule has 40 heavy (non-hydrogen) atoms. The molecular weight excluding hydrogens is 509 g/mol. The van der Waals surface area contributed by atoms with Crippen molar-refractivity contribution in [3.05, 3.63) is 83.6 Å². The lowest BCUT2D eigenvalue weighted by Gasteiger charge is -2.46. The van der Waals surface area contributed by atoms with E-state index < -0.39 is 11.8 Å². The summed E-state index contributed by atoms with van der Waals surface area (Å²) in [6, 6.07) is 11.3. The van der Waals surface area contributed by atoms with Gasteiger partial charge in [-0.2, -0.15) is 5.10 Å². The average molecular weight is 540 g/mol. The van der Waals surface area contributed by atoms with Gasteiger partial charge in [0.05, 0.1) is 17.0 Å². The quantitative estimate of drug-likeness (QED) is 0.321. The minimum atomic E-state index is -1.07. The van der Waals surface area contributed by atoms with E-state index >= 15 is 4.39 Å². The van der Waals surface area contributed by atoms with Crippen LogP contribution in [0.3, 0.4) is 0 Å². The molecule has 4 aromatic rings. The van der Waals surface area contributed by atoms with Crippen LogP contribution in [0.25, 0.3) is 28.2 Å². The topological polar surface area (TPSA) is 101 Å². The second-order valence-electron chi connectivity index (χ2n) is 10.7. The number of fused-ring (bicyclic) bond motifs is 1.